The number of carbonyl (C=O) groups is 2. The Bertz CT molecular complexity index is 637. The number of fused-ring (bicyclic) bond motifs is 2. The molecule has 0 fully saturated rings. The van der Waals surface area contributed by atoms with E-state index < -0.39 is 0 Å². The van der Waals surface area contributed by atoms with Gasteiger partial charge in [0.1, 0.15) is 6.61 Å². The standard InChI is InChI=1S/C21H28O3/c1-4-20-19-8-6-15-12-16(23)7-9-17(15)18(19)10-11-21(20,5-2)13-24-14(3)22/h10-12,19-20H,4-9,13H2,1-3H3/t19-,20+,21?/m1/s1. The highest BCUT2D eigenvalue weighted by atomic mass is 16.5. The van der Waals surface area contributed by atoms with Crippen LogP contribution in [0, 0.1) is 17.3 Å². The van der Waals surface area contributed by atoms with E-state index >= 15 is 0 Å². The van der Waals surface area contributed by atoms with E-state index in [9.17, 15) is 9.59 Å². The van der Waals surface area contributed by atoms with E-state index in [1.807, 2.05) is 6.08 Å². The minimum atomic E-state index is -0.199. The van der Waals surface area contributed by atoms with Crippen molar-refractivity contribution in [2.24, 2.45) is 17.3 Å². The fourth-order valence-electron chi connectivity index (χ4n) is 4.99. The largest absolute Gasteiger partial charge is 0.465 e. The molecule has 0 amide bonds. The lowest BCUT2D eigenvalue weighted by Gasteiger charge is -2.47. The summed E-state index contributed by atoms with van der Waals surface area (Å²) in [5.41, 5.74) is 4.07. The molecule has 0 radical (unpaired) electrons. The van der Waals surface area contributed by atoms with Crippen LogP contribution >= 0.6 is 0 Å². The first-order valence-corrected chi connectivity index (χ1v) is 9.30. The maximum absolute atomic E-state index is 11.7. The molecule has 0 saturated carbocycles. The molecule has 0 saturated heterocycles. The summed E-state index contributed by atoms with van der Waals surface area (Å²) < 4.78 is 5.45. The quantitative estimate of drug-likeness (QED) is 0.712. The molecule has 0 aliphatic heterocycles. The van der Waals surface area contributed by atoms with Crippen molar-refractivity contribution in [2.75, 3.05) is 6.61 Å². The van der Waals surface area contributed by atoms with Gasteiger partial charge in [0, 0.05) is 18.8 Å². The fourth-order valence-corrected chi connectivity index (χ4v) is 4.99. The van der Waals surface area contributed by atoms with Gasteiger partial charge < -0.3 is 4.74 Å². The van der Waals surface area contributed by atoms with Gasteiger partial charge in [-0.1, -0.05) is 32.4 Å². The van der Waals surface area contributed by atoms with Crippen molar-refractivity contribution in [3.05, 3.63) is 34.9 Å². The minimum absolute atomic E-state index is 0.0547. The highest BCUT2D eigenvalue weighted by Gasteiger charge is 2.45. The summed E-state index contributed by atoms with van der Waals surface area (Å²) in [7, 11) is 0. The molecule has 3 nitrogen and oxygen atoms in total. The number of hydrogen-bond acceptors (Lipinski definition) is 3. The van der Waals surface area contributed by atoms with Gasteiger partial charge in [-0.2, -0.15) is 0 Å². The Morgan fingerprint density at radius 1 is 1.29 bits per heavy atom. The first-order valence-electron chi connectivity index (χ1n) is 9.30. The molecule has 130 valence electrons. The molecule has 3 atom stereocenters. The van der Waals surface area contributed by atoms with E-state index in [1.54, 1.807) is 0 Å². The number of hydrogen-bond donors (Lipinski definition) is 0. The van der Waals surface area contributed by atoms with Gasteiger partial charge >= 0.3 is 5.97 Å². The molecule has 0 N–H and O–H groups in total. The van der Waals surface area contributed by atoms with Crippen LogP contribution in [0.1, 0.15) is 59.3 Å². The molecule has 0 heterocycles. The second-order valence-electron chi connectivity index (χ2n) is 7.43. The Hall–Kier alpha value is -1.64. The number of ether oxygens (including phenoxy) is 1. The Kier molecular flexibility index (Phi) is 4.80. The third-order valence-corrected chi connectivity index (χ3v) is 6.28. The summed E-state index contributed by atoms with van der Waals surface area (Å²) in [5, 5.41) is 0. The van der Waals surface area contributed by atoms with Crippen molar-refractivity contribution in [1.82, 2.24) is 0 Å². The maximum Gasteiger partial charge on any atom is 0.302 e. The Labute approximate surface area is 144 Å². The first-order chi connectivity index (χ1) is 11.5. The Morgan fingerprint density at radius 2 is 2.08 bits per heavy atom. The van der Waals surface area contributed by atoms with Crippen LogP contribution in [0.15, 0.2) is 34.9 Å². The van der Waals surface area contributed by atoms with Gasteiger partial charge in [0.15, 0.2) is 5.78 Å². The topological polar surface area (TPSA) is 43.4 Å². The Morgan fingerprint density at radius 3 is 2.75 bits per heavy atom. The number of carbonyl (C=O) groups excluding carboxylic acids is 2. The van der Waals surface area contributed by atoms with Gasteiger partial charge in [0.2, 0.25) is 0 Å². The molecule has 0 aromatic carbocycles. The molecule has 3 heteroatoms. The van der Waals surface area contributed by atoms with E-state index in [-0.39, 0.29) is 17.2 Å². The van der Waals surface area contributed by atoms with Crippen molar-refractivity contribution >= 4 is 11.8 Å². The summed E-state index contributed by atoms with van der Waals surface area (Å²) in [4.78, 5) is 23.1. The molecule has 3 aliphatic rings. The van der Waals surface area contributed by atoms with E-state index in [0.717, 1.165) is 32.1 Å². The van der Waals surface area contributed by atoms with Gasteiger partial charge in [-0.15, -0.1) is 0 Å². The second kappa shape index (κ2) is 6.70. The second-order valence-corrected chi connectivity index (χ2v) is 7.43. The summed E-state index contributed by atoms with van der Waals surface area (Å²) in [6.07, 6.45) is 12.2. The number of allylic oxidation sites excluding steroid dienone is 5. The van der Waals surface area contributed by atoms with Gasteiger partial charge in [0.05, 0.1) is 0 Å². The molecular formula is C21H28O3. The van der Waals surface area contributed by atoms with E-state index in [1.165, 1.54) is 23.6 Å². The molecule has 0 aromatic rings. The minimum Gasteiger partial charge on any atom is -0.465 e. The monoisotopic (exact) mass is 328 g/mol. The van der Waals surface area contributed by atoms with Crippen LogP contribution < -0.4 is 0 Å². The zero-order chi connectivity index (χ0) is 17.3. The zero-order valence-corrected chi connectivity index (χ0v) is 15.1. The molecule has 3 rings (SSSR count). The van der Waals surface area contributed by atoms with E-state index in [2.05, 4.69) is 26.0 Å². The van der Waals surface area contributed by atoms with Crippen LogP contribution in [0.25, 0.3) is 0 Å². The molecule has 0 bridgehead atoms. The lowest BCUT2D eigenvalue weighted by molar-refractivity contribution is -0.145. The summed E-state index contributed by atoms with van der Waals surface area (Å²) in [6.45, 7) is 6.41. The number of esters is 1. The molecule has 3 aliphatic carbocycles. The van der Waals surface area contributed by atoms with Crippen LogP contribution in [0.2, 0.25) is 0 Å². The van der Waals surface area contributed by atoms with Gasteiger partial charge in [-0.05, 0) is 60.3 Å². The van der Waals surface area contributed by atoms with E-state index in [4.69, 9.17) is 4.74 Å². The van der Waals surface area contributed by atoms with Crippen molar-refractivity contribution in [2.45, 2.75) is 59.3 Å². The average Bonchev–Trinajstić information content (AvgIpc) is 2.58. The van der Waals surface area contributed by atoms with Crippen molar-refractivity contribution in [3.8, 4) is 0 Å². The van der Waals surface area contributed by atoms with Gasteiger partial charge in [0.25, 0.3) is 0 Å². The molecule has 1 unspecified atom stereocenters. The van der Waals surface area contributed by atoms with Crippen LogP contribution in [0.5, 0.6) is 0 Å². The summed E-state index contributed by atoms with van der Waals surface area (Å²) in [5.74, 6) is 1.09. The normalized spacial score (nSPS) is 32.1. The first kappa shape index (κ1) is 17.2. The predicted octanol–water partition coefficient (Wildman–Crippen LogP) is 4.54. The van der Waals surface area contributed by atoms with Crippen molar-refractivity contribution < 1.29 is 14.3 Å². The molecular weight excluding hydrogens is 300 g/mol. The smallest absolute Gasteiger partial charge is 0.302 e. The molecule has 0 aromatic heterocycles. The van der Waals surface area contributed by atoms with Crippen LogP contribution in [0.4, 0.5) is 0 Å². The average molecular weight is 328 g/mol. The number of ketones is 1. The number of rotatable bonds is 4. The van der Waals surface area contributed by atoms with Crippen LogP contribution in [-0.2, 0) is 14.3 Å². The van der Waals surface area contributed by atoms with Crippen molar-refractivity contribution in [1.29, 1.82) is 0 Å². The SMILES string of the molecule is CC[C@H]1[C@@H]2CCC3=CC(=O)CCC3=C2C=CC1(CC)COC(C)=O. The summed E-state index contributed by atoms with van der Waals surface area (Å²) >= 11 is 0. The molecule has 24 heavy (non-hydrogen) atoms. The highest BCUT2D eigenvalue weighted by molar-refractivity contribution is 5.93. The highest BCUT2D eigenvalue weighted by Crippen LogP contribution is 2.53. The van der Waals surface area contributed by atoms with Gasteiger partial charge in [-0.3, -0.25) is 9.59 Å². The van der Waals surface area contributed by atoms with Crippen molar-refractivity contribution in [3.63, 3.8) is 0 Å². The van der Waals surface area contributed by atoms with Gasteiger partial charge in [-0.25, -0.2) is 0 Å². The fraction of sp³-hybridized carbons (Fsp3) is 0.619. The lowest BCUT2D eigenvalue weighted by atomic mass is 9.57. The predicted molar refractivity (Wildman–Crippen MR) is 94.4 cm³/mol. The lowest BCUT2D eigenvalue weighted by Crippen LogP contribution is -2.42. The third kappa shape index (κ3) is 2.89. The molecule has 0 spiro atoms. The Balaban J connectivity index is 2.01. The summed E-state index contributed by atoms with van der Waals surface area (Å²) in [6, 6.07) is 0. The van der Waals surface area contributed by atoms with E-state index in [0.29, 0.717) is 24.9 Å². The van der Waals surface area contributed by atoms with Crippen LogP contribution in [-0.4, -0.2) is 18.4 Å². The van der Waals surface area contributed by atoms with Crippen LogP contribution in [0.3, 0.4) is 0 Å². The third-order valence-electron chi connectivity index (χ3n) is 6.28. The maximum atomic E-state index is 11.7. The zero-order valence-electron chi connectivity index (χ0n) is 15.1.